The van der Waals surface area contributed by atoms with E-state index < -0.39 is 10.8 Å². The topological polar surface area (TPSA) is 13.0 Å². The highest BCUT2D eigenvalue weighted by atomic mass is 15.2. The number of aryl methyl sites for hydroxylation is 7. The van der Waals surface area contributed by atoms with Crippen molar-refractivity contribution in [2.24, 2.45) is 10.8 Å². The minimum Gasteiger partial charge on any atom is -0.311 e. The van der Waals surface area contributed by atoms with Gasteiger partial charge < -0.3 is 19.6 Å². The lowest BCUT2D eigenvalue weighted by Crippen LogP contribution is -2.35. The van der Waals surface area contributed by atoms with Gasteiger partial charge in [-0.2, -0.15) is 0 Å². The number of rotatable bonds is 18. The molecule has 91 heavy (non-hydrogen) atoms. The zero-order chi connectivity index (χ0) is 63.1. The molecule has 0 radical (unpaired) electrons. The van der Waals surface area contributed by atoms with E-state index in [-0.39, 0.29) is 0 Å². The molecule has 0 fully saturated rings. The van der Waals surface area contributed by atoms with Gasteiger partial charge in [0.1, 0.15) is 0 Å². The van der Waals surface area contributed by atoms with Crippen LogP contribution >= 0.6 is 0 Å². The van der Waals surface area contributed by atoms with Crippen molar-refractivity contribution in [3.8, 4) is 0 Å². The van der Waals surface area contributed by atoms with Gasteiger partial charge in [-0.25, -0.2) is 0 Å². The molecule has 11 aromatic rings. The molecule has 11 aromatic carbocycles. The molecule has 0 atom stereocenters. The second-order valence-electron chi connectivity index (χ2n) is 25.1. The van der Waals surface area contributed by atoms with Crippen LogP contribution in [-0.2, 0) is 0 Å². The van der Waals surface area contributed by atoms with Gasteiger partial charge in [-0.3, -0.25) is 0 Å². The summed E-state index contributed by atoms with van der Waals surface area (Å²) in [5.41, 5.74) is 25.6. The van der Waals surface area contributed by atoms with E-state index in [0.717, 1.165) is 84.9 Å². The lowest BCUT2D eigenvalue weighted by atomic mass is 9.62. The molecular weight excluding hydrogens is 1100 g/mol. The number of hydrogen-bond acceptors (Lipinski definition) is 4. The maximum absolute atomic E-state index is 2.47. The van der Waals surface area contributed by atoms with Crippen molar-refractivity contribution in [1.29, 1.82) is 0 Å². The lowest BCUT2D eigenvalue weighted by molar-refractivity contribution is 0.306. The van der Waals surface area contributed by atoms with Crippen LogP contribution in [0.2, 0.25) is 0 Å². The van der Waals surface area contributed by atoms with Crippen LogP contribution in [0.25, 0.3) is 24.3 Å². The molecule has 0 unspecified atom stereocenters. The molecule has 12 rings (SSSR count). The molecule has 0 saturated heterocycles. The average molecular weight is 1180 g/mol. The van der Waals surface area contributed by atoms with Crippen molar-refractivity contribution in [3.05, 3.63) is 364 Å². The molecule has 4 nitrogen and oxygen atoms in total. The van der Waals surface area contributed by atoms with Crippen LogP contribution in [0, 0.1) is 59.3 Å². The van der Waals surface area contributed by atoms with Crippen LogP contribution in [0.5, 0.6) is 0 Å². The van der Waals surface area contributed by atoms with Crippen LogP contribution in [-0.4, -0.2) is 0 Å². The first-order valence-electron chi connectivity index (χ1n) is 31.7. The fourth-order valence-electron chi connectivity index (χ4n) is 12.1. The SMILES string of the molecule is Cc1ccc(N(c2ccc(C)cc2)c2ccc(C=Cc3ccc(N(C4=CC(C)(C)C(C=Cc5ccc(N(c6ccc(C)cc6)c6ccc(C)cc6)cc5)(C=Cc5ccc(N(c6ccc(C)cc6)c6ccc(C)cc6)cc5)C=C4)c4ccccc4)cc3C)cc2)cc1. The Bertz CT molecular complexity index is 4130. The summed E-state index contributed by atoms with van der Waals surface area (Å²) in [4.78, 5) is 9.39. The molecule has 0 N–H and O–H groups in total. The van der Waals surface area contributed by atoms with E-state index in [9.17, 15) is 0 Å². The summed E-state index contributed by atoms with van der Waals surface area (Å²) in [7, 11) is 0. The fraction of sp³-hybridized carbons (Fsp3) is 0.126. The van der Waals surface area contributed by atoms with E-state index in [1.807, 2.05) is 0 Å². The predicted octanol–water partition coefficient (Wildman–Crippen LogP) is 24.5. The Morgan fingerprint density at radius 3 is 0.868 bits per heavy atom. The van der Waals surface area contributed by atoms with Crippen LogP contribution in [0.3, 0.4) is 0 Å². The molecule has 0 heterocycles. The van der Waals surface area contributed by atoms with E-state index in [1.54, 1.807) is 0 Å². The summed E-state index contributed by atoms with van der Waals surface area (Å²) >= 11 is 0. The Hall–Kier alpha value is -10.7. The van der Waals surface area contributed by atoms with Gasteiger partial charge in [-0.05, 0) is 216 Å². The van der Waals surface area contributed by atoms with Crippen molar-refractivity contribution >= 4 is 86.9 Å². The van der Waals surface area contributed by atoms with E-state index in [2.05, 4.69) is 404 Å². The second kappa shape index (κ2) is 26.6. The maximum Gasteiger partial charge on any atom is 0.0464 e. The maximum atomic E-state index is 2.47. The summed E-state index contributed by atoms with van der Waals surface area (Å²) in [5.74, 6) is 0. The first-order valence-corrected chi connectivity index (χ1v) is 31.7. The van der Waals surface area contributed by atoms with Crippen LogP contribution in [0.4, 0.5) is 62.6 Å². The van der Waals surface area contributed by atoms with Gasteiger partial charge in [0.15, 0.2) is 0 Å². The highest BCUT2D eigenvalue weighted by Crippen LogP contribution is 2.51. The molecular formula is C87H80N4. The fourth-order valence-corrected chi connectivity index (χ4v) is 12.1. The standard InChI is InChI=1S/C87H80N4/c1-63-15-36-75(37-16-63)88(76-38-17-64(2)18-39-76)81-48-28-70(29-49-81)27-34-73-35-54-84(61-69(73)7)91(74-13-11-10-12-14-74)85-57-60-87(86(8,9)62-85,58-55-71-30-50-82(51-31-71)89(77-40-19-65(3)20-41-77)78-42-21-66(4)22-43-78)59-56-72-32-52-83(53-33-72)90(79-44-23-67(5)24-45-79)80-46-25-68(6)26-47-80/h10-62H,1-9H3. The Kier molecular flexibility index (Phi) is 17.7. The van der Waals surface area contributed by atoms with Crippen LogP contribution < -0.4 is 19.6 Å². The van der Waals surface area contributed by atoms with Crippen molar-refractivity contribution < 1.29 is 0 Å². The summed E-state index contributed by atoms with van der Waals surface area (Å²) in [6, 6.07) is 97.0. The van der Waals surface area contributed by atoms with Crippen LogP contribution in [0.1, 0.15) is 75.0 Å². The first kappa shape index (κ1) is 60.6. The number of allylic oxidation sites excluding steroid dienone is 5. The molecule has 1 aliphatic carbocycles. The Morgan fingerprint density at radius 1 is 0.275 bits per heavy atom. The van der Waals surface area contributed by atoms with Gasteiger partial charge >= 0.3 is 0 Å². The third-order valence-electron chi connectivity index (χ3n) is 17.7. The zero-order valence-electron chi connectivity index (χ0n) is 53.9. The number of benzene rings is 11. The summed E-state index contributed by atoms with van der Waals surface area (Å²) in [6.07, 6.45) is 21.1. The third-order valence-corrected chi connectivity index (χ3v) is 17.7. The summed E-state index contributed by atoms with van der Waals surface area (Å²) in [6.45, 7) is 19.8. The number of anilines is 11. The van der Waals surface area contributed by atoms with Crippen molar-refractivity contribution in [2.75, 3.05) is 19.6 Å². The molecule has 0 bridgehead atoms. The molecule has 0 aliphatic heterocycles. The molecule has 0 spiro atoms. The molecule has 4 heteroatoms. The molecule has 0 aromatic heterocycles. The van der Waals surface area contributed by atoms with E-state index in [0.29, 0.717) is 0 Å². The Labute approximate surface area is 540 Å². The van der Waals surface area contributed by atoms with Crippen LogP contribution in [0.15, 0.2) is 303 Å². The third kappa shape index (κ3) is 13.8. The van der Waals surface area contributed by atoms with Gasteiger partial charge in [0.05, 0.1) is 0 Å². The van der Waals surface area contributed by atoms with E-state index >= 15 is 0 Å². The van der Waals surface area contributed by atoms with Crippen molar-refractivity contribution in [2.45, 2.75) is 62.3 Å². The first-order chi connectivity index (χ1) is 44.1. The summed E-state index contributed by atoms with van der Waals surface area (Å²) < 4.78 is 0. The molecule has 0 amide bonds. The Morgan fingerprint density at radius 2 is 0.560 bits per heavy atom. The minimum absolute atomic E-state index is 0.414. The average Bonchev–Trinajstić information content (AvgIpc) is 2.49. The largest absolute Gasteiger partial charge is 0.311 e. The minimum atomic E-state index is -0.537. The van der Waals surface area contributed by atoms with Gasteiger partial charge in [0.25, 0.3) is 0 Å². The molecule has 1 aliphatic rings. The number of nitrogens with zero attached hydrogens (tertiary/aromatic N) is 4. The van der Waals surface area contributed by atoms with Gasteiger partial charge in [-0.1, -0.05) is 229 Å². The zero-order valence-corrected chi connectivity index (χ0v) is 53.9. The molecule has 448 valence electrons. The normalized spacial score (nSPS) is 14.5. The highest BCUT2D eigenvalue weighted by Gasteiger charge is 2.41. The van der Waals surface area contributed by atoms with Gasteiger partial charge in [-0.15, -0.1) is 0 Å². The van der Waals surface area contributed by atoms with E-state index in [1.165, 1.54) is 44.5 Å². The quantitative estimate of drug-likeness (QED) is 0.0794. The number of para-hydroxylation sites is 1. The van der Waals surface area contributed by atoms with Crippen molar-refractivity contribution in [3.63, 3.8) is 0 Å². The lowest BCUT2D eigenvalue weighted by Gasteiger charge is -2.43. The van der Waals surface area contributed by atoms with Gasteiger partial charge in [0, 0.05) is 79.1 Å². The van der Waals surface area contributed by atoms with Gasteiger partial charge in [0.2, 0.25) is 0 Å². The monoisotopic (exact) mass is 1180 g/mol. The summed E-state index contributed by atoms with van der Waals surface area (Å²) in [5, 5.41) is 0. The second-order valence-corrected chi connectivity index (χ2v) is 25.1. The van der Waals surface area contributed by atoms with Crippen molar-refractivity contribution in [1.82, 2.24) is 0 Å². The smallest absolute Gasteiger partial charge is 0.0464 e. The molecule has 0 saturated carbocycles. The van der Waals surface area contributed by atoms with E-state index in [4.69, 9.17) is 0 Å². The Balaban J connectivity index is 0.865. The number of hydrogen-bond donors (Lipinski definition) is 0. The predicted molar refractivity (Wildman–Crippen MR) is 392 cm³/mol. The highest BCUT2D eigenvalue weighted by molar-refractivity contribution is 5.82.